The highest BCUT2D eigenvalue weighted by Gasteiger charge is 2.09. The second-order valence-electron chi connectivity index (χ2n) is 5.06. The van der Waals surface area contributed by atoms with Crippen LogP contribution in [0.15, 0.2) is 65.2 Å². The number of benzene rings is 2. The minimum absolute atomic E-state index is 0.261. The molecule has 0 spiro atoms. The van der Waals surface area contributed by atoms with Gasteiger partial charge in [0.25, 0.3) is 0 Å². The van der Waals surface area contributed by atoms with Gasteiger partial charge in [0, 0.05) is 11.6 Å². The van der Waals surface area contributed by atoms with Crippen molar-refractivity contribution in [1.29, 1.82) is 0 Å². The molecule has 0 unspecified atom stereocenters. The van der Waals surface area contributed by atoms with Crippen molar-refractivity contribution in [1.82, 2.24) is 10.5 Å². The Balaban J connectivity index is 1.58. The van der Waals surface area contributed by atoms with Crippen molar-refractivity contribution in [3.63, 3.8) is 0 Å². The van der Waals surface area contributed by atoms with Gasteiger partial charge in [0.1, 0.15) is 11.4 Å². The first-order valence-electron chi connectivity index (χ1n) is 7.45. The summed E-state index contributed by atoms with van der Waals surface area (Å²) in [6.45, 7) is 0.261. The van der Waals surface area contributed by atoms with E-state index >= 15 is 0 Å². The van der Waals surface area contributed by atoms with Crippen LogP contribution < -0.4 is 15.4 Å². The molecule has 0 saturated heterocycles. The number of aromatic nitrogens is 1. The van der Waals surface area contributed by atoms with Gasteiger partial charge in [0.05, 0.1) is 19.3 Å². The topological polar surface area (TPSA) is 76.4 Å². The Bertz CT molecular complexity index is 815. The molecule has 6 heteroatoms. The molecule has 0 saturated carbocycles. The van der Waals surface area contributed by atoms with Crippen LogP contribution in [0.3, 0.4) is 0 Å². The number of methoxy groups -OCH3 is 1. The third kappa shape index (κ3) is 3.73. The van der Waals surface area contributed by atoms with Crippen LogP contribution in [0.5, 0.6) is 5.75 Å². The van der Waals surface area contributed by atoms with E-state index in [0.717, 1.165) is 5.56 Å². The summed E-state index contributed by atoms with van der Waals surface area (Å²) in [6.07, 6.45) is 0. The monoisotopic (exact) mass is 323 g/mol. The number of carbonyl (C=O) groups is 1. The number of amides is 2. The molecule has 0 fully saturated rings. The smallest absolute Gasteiger partial charge is 0.319 e. The first-order chi connectivity index (χ1) is 11.8. The van der Waals surface area contributed by atoms with E-state index in [2.05, 4.69) is 15.8 Å². The predicted molar refractivity (Wildman–Crippen MR) is 90.8 cm³/mol. The van der Waals surface area contributed by atoms with Gasteiger partial charge in [-0.15, -0.1) is 0 Å². The van der Waals surface area contributed by atoms with Crippen LogP contribution in [-0.4, -0.2) is 18.3 Å². The molecule has 3 rings (SSSR count). The molecule has 24 heavy (non-hydrogen) atoms. The summed E-state index contributed by atoms with van der Waals surface area (Å²) in [7, 11) is 1.55. The van der Waals surface area contributed by atoms with Gasteiger partial charge in [-0.05, 0) is 12.1 Å². The molecule has 2 amide bonds. The van der Waals surface area contributed by atoms with E-state index in [0.29, 0.717) is 22.9 Å². The largest absolute Gasteiger partial charge is 0.495 e. The highest BCUT2D eigenvalue weighted by Crippen LogP contribution is 2.23. The normalized spacial score (nSPS) is 10.2. The Morgan fingerprint density at radius 1 is 1.12 bits per heavy atom. The number of rotatable bonds is 5. The van der Waals surface area contributed by atoms with E-state index in [9.17, 15) is 4.79 Å². The summed E-state index contributed by atoms with van der Waals surface area (Å²) >= 11 is 0. The lowest BCUT2D eigenvalue weighted by Gasteiger charge is -2.10. The maximum absolute atomic E-state index is 12.0. The van der Waals surface area contributed by atoms with Crippen LogP contribution in [0, 0.1) is 0 Å². The van der Waals surface area contributed by atoms with Crippen molar-refractivity contribution in [2.45, 2.75) is 6.54 Å². The van der Waals surface area contributed by atoms with Crippen molar-refractivity contribution >= 4 is 11.7 Å². The third-order valence-electron chi connectivity index (χ3n) is 3.40. The van der Waals surface area contributed by atoms with Crippen LogP contribution in [0.4, 0.5) is 10.5 Å². The molecular formula is C18H17N3O3. The quantitative estimate of drug-likeness (QED) is 0.751. The van der Waals surface area contributed by atoms with E-state index < -0.39 is 0 Å². The van der Waals surface area contributed by atoms with Crippen LogP contribution in [0.25, 0.3) is 11.3 Å². The molecule has 1 aromatic heterocycles. The highest BCUT2D eigenvalue weighted by molar-refractivity contribution is 5.90. The molecule has 2 aromatic carbocycles. The van der Waals surface area contributed by atoms with Gasteiger partial charge in [-0.25, -0.2) is 4.79 Å². The maximum Gasteiger partial charge on any atom is 0.319 e. The Kier molecular flexibility index (Phi) is 4.76. The summed E-state index contributed by atoms with van der Waals surface area (Å²) < 4.78 is 10.5. The summed E-state index contributed by atoms with van der Waals surface area (Å²) in [6, 6.07) is 18.3. The highest BCUT2D eigenvalue weighted by atomic mass is 16.5. The number of para-hydroxylation sites is 2. The molecule has 3 aromatic rings. The van der Waals surface area contributed by atoms with E-state index in [1.165, 1.54) is 0 Å². The van der Waals surface area contributed by atoms with E-state index in [1.807, 2.05) is 42.5 Å². The van der Waals surface area contributed by atoms with Crippen LogP contribution >= 0.6 is 0 Å². The first kappa shape index (κ1) is 15.6. The van der Waals surface area contributed by atoms with Crippen molar-refractivity contribution in [3.05, 3.63) is 66.4 Å². The van der Waals surface area contributed by atoms with Crippen LogP contribution in [0.1, 0.15) is 5.69 Å². The lowest BCUT2D eigenvalue weighted by atomic mass is 10.2. The van der Waals surface area contributed by atoms with Gasteiger partial charge in [-0.3, -0.25) is 0 Å². The number of carbonyl (C=O) groups excluding carboxylic acids is 1. The molecule has 0 radical (unpaired) electrons. The summed E-state index contributed by atoms with van der Waals surface area (Å²) in [5.41, 5.74) is 2.18. The number of hydrogen-bond donors (Lipinski definition) is 2. The van der Waals surface area contributed by atoms with Gasteiger partial charge in [0.2, 0.25) is 0 Å². The predicted octanol–water partition coefficient (Wildman–Crippen LogP) is 3.67. The van der Waals surface area contributed by atoms with Crippen LogP contribution in [-0.2, 0) is 6.54 Å². The van der Waals surface area contributed by atoms with Gasteiger partial charge in [0.15, 0.2) is 5.76 Å². The molecule has 1 heterocycles. The van der Waals surface area contributed by atoms with E-state index in [1.54, 1.807) is 25.3 Å². The van der Waals surface area contributed by atoms with E-state index in [-0.39, 0.29) is 12.6 Å². The fourth-order valence-electron chi connectivity index (χ4n) is 2.22. The van der Waals surface area contributed by atoms with Crippen molar-refractivity contribution < 1.29 is 14.1 Å². The Morgan fingerprint density at radius 2 is 1.88 bits per heavy atom. The molecular weight excluding hydrogens is 306 g/mol. The average molecular weight is 323 g/mol. The zero-order chi connectivity index (χ0) is 16.8. The zero-order valence-electron chi connectivity index (χ0n) is 13.2. The Labute approximate surface area is 139 Å². The second-order valence-corrected chi connectivity index (χ2v) is 5.06. The third-order valence-corrected chi connectivity index (χ3v) is 3.40. The first-order valence-corrected chi connectivity index (χ1v) is 7.45. The number of urea groups is 1. The number of hydrogen-bond acceptors (Lipinski definition) is 4. The molecule has 122 valence electrons. The van der Waals surface area contributed by atoms with Crippen molar-refractivity contribution in [3.8, 4) is 17.1 Å². The second kappa shape index (κ2) is 7.32. The fourth-order valence-corrected chi connectivity index (χ4v) is 2.22. The Hall–Kier alpha value is -3.28. The van der Waals surface area contributed by atoms with Crippen LogP contribution in [0.2, 0.25) is 0 Å². The molecule has 0 aliphatic rings. The minimum Gasteiger partial charge on any atom is -0.495 e. The lowest BCUT2D eigenvalue weighted by molar-refractivity contribution is 0.251. The zero-order valence-corrected chi connectivity index (χ0v) is 13.2. The van der Waals surface area contributed by atoms with Gasteiger partial charge in [-0.2, -0.15) is 0 Å². The summed E-state index contributed by atoms with van der Waals surface area (Å²) in [5.74, 6) is 1.26. The average Bonchev–Trinajstić information content (AvgIpc) is 3.10. The fraction of sp³-hybridized carbons (Fsp3) is 0.111. The lowest BCUT2D eigenvalue weighted by Crippen LogP contribution is -2.28. The van der Waals surface area contributed by atoms with Crippen molar-refractivity contribution in [2.24, 2.45) is 0 Å². The number of nitrogens with zero attached hydrogens (tertiary/aromatic N) is 1. The summed E-state index contributed by atoms with van der Waals surface area (Å²) in [5, 5.41) is 9.44. The van der Waals surface area contributed by atoms with Gasteiger partial charge < -0.3 is 19.9 Å². The molecule has 0 atom stereocenters. The maximum atomic E-state index is 12.0. The number of ether oxygens (including phenoxy) is 1. The Morgan fingerprint density at radius 3 is 2.67 bits per heavy atom. The van der Waals surface area contributed by atoms with E-state index in [4.69, 9.17) is 9.26 Å². The number of nitrogens with one attached hydrogen (secondary N) is 2. The molecule has 0 aliphatic heterocycles. The van der Waals surface area contributed by atoms with Gasteiger partial charge >= 0.3 is 6.03 Å². The molecule has 6 nitrogen and oxygen atoms in total. The standard InChI is InChI=1S/C18H17N3O3/c1-23-16-10-6-5-9-15(16)20-18(22)19-12-14-11-17(24-21-14)13-7-3-2-4-8-13/h2-11H,12H2,1H3,(H2,19,20,22). The van der Waals surface area contributed by atoms with Gasteiger partial charge in [-0.1, -0.05) is 47.6 Å². The minimum atomic E-state index is -0.344. The molecule has 0 bridgehead atoms. The van der Waals surface area contributed by atoms with Crippen molar-refractivity contribution in [2.75, 3.05) is 12.4 Å². The summed E-state index contributed by atoms with van der Waals surface area (Å²) in [4.78, 5) is 12.0. The number of anilines is 1. The molecule has 2 N–H and O–H groups in total. The molecule has 0 aliphatic carbocycles. The SMILES string of the molecule is COc1ccccc1NC(=O)NCc1cc(-c2ccccc2)on1.